The summed E-state index contributed by atoms with van der Waals surface area (Å²) in [4.78, 5) is 12.3. The summed E-state index contributed by atoms with van der Waals surface area (Å²) < 4.78 is 5.74. The second-order valence-electron chi connectivity index (χ2n) is 5.76. The molecule has 0 bridgehead atoms. The Hall–Kier alpha value is -1.61. The van der Waals surface area contributed by atoms with Crippen LogP contribution in [0.25, 0.3) is 11.0 Å². The Bertz CT molecular complexity index is 608. The average Bonchev–Trinajstić information content (AvgIpc) is 2.91. The summed E-state index contributed by atoms with van der Waals surface area (Å²) in [6.45, 7) is 4.18. The summed E-state index contributed by atoms with van der Waals surface area (Å²) in [5, 5.41) is 4.38. The van der Waals surface area contributed by atoms with Gasteiger partial charge in [0.05, 0.1) is 0 Å². The summed E-state index contributed by atoms with van der Waals surface area (Å²) in [6.07, 6.45) is 3.96. The van der Waals surface area contributed by atoms with Gasteiger partial charge in [-0.05, 0) is 56.8 Å². The van der Waals surface area contributed by atoms with E-state index in [1.807, 2.05) is 31.2 Å². The molecule has 1 aromatic heterocycles. The monoisotopic (exact) mass is 271 g/mol. The number of furan rings is 1. The van der Waals surface area contributed by atoms with Crippen LogP contribution in [0.3, 0.4) is 0 Å². The Labute approximate surface area is 119 Å². The fraction of sp³-hybridized carbons (Fsp3) is 0.471. The SMILES string of the molecule is Cc1cccc2cc(C(=O)CCC3CCNCC3)oc12. The third-order valence-corrected chi connectivity index (χ3v) is 4.25. The molecule has 0 atom stereocenters. The van der Waals surface area contributed by atoms with Crippen molar-refractivity contribution in [1.82, 2.24) is 5.32 Å². The lowest BCUT2D eigenvalue weighted by Gasteiger charge is -2.21. The highest BCUT2D eigenvalue weighted by atomic mass is 16.3. The van der Waals surface area contributed by atoms with Gasteiger partial charge < -0.3 is 9.73 Å². The Morgan fingerprint density at radius 2 is 2.15 bits per heavy atom. The van der Waals surface area contributed by atoms with Crippen molar-refractivity contribution >= 4 is 16.8 Å². The molecule has 1 aliphatic rings. The van der Waals surface area contributed by atoms with E-state index < -0.39 is 0 Å². The Balaban J connectivity index is 1.67. The first-order valence-corrected chi connectivity index (χ1v) is 7.47. The molecule has 20 heavy (non-hydrogen) atoms. The van der Waals surface area contributed by atoms with Gasteiger partial charge in [0.25, 0.3) is 0 Å². The van der Waals surface area contributed by atoms with E-state index in [1.54, 1.807) is 0 Å². The van der Waals surface area contributed by atoms with E-state index in [4.69, 9.17) is 4.42 Å². The van der Waals surface area contributed by atoms with Crippen molar-refractivity contribution < 1.29 is 9.21 Å². The molecule has 1 aromatic carbocycles. The van der Waals surface area contributed by atoms with Crippen LogP contribution in [-0.4, -0.2) is 18.9 Å². The molecule has 0 unspecified atom stereocenters. The fourth-order valence-electron chi connectivity index (χ4n) is 2.98. The van der Waals surface area contributed by atoms with Crippen molar-refractivity contribution in [3.05, 3.63) is 35.6 Å². The van der Waals surface area contributed by atoms with Crippen LogP contribution < -0.4 is 5.32 Å². The maximum atomic E-state index is 12.3. The van der Waals surface area contributed by atoms with Crippen LogP contribution in [0.2, 0.25) is 0 Å². The molecule has 106 valence electrons. The van der Waals surface area contributed by atoms with E-state index in [-0.39, 0.29) is 5.78 Å². The molecule has 1 fully saturated rings. The van der Waals surface area contributed by atoms with Gasteiger partial charge in [0.15, 0.2) is 11.5 Å². The summed E-state index contributed by atoms with van der Waals surface area (Å²) in [5.74, 6) is 1.34. The van der Waals surface area contributed by atoms with Crippen LogP contribution in [0, 0.1) is 12.8 Å². The number of piperidine rings is 1. The Morgan fingerprint density at radius 3 is 2.90 bits per heavy atom. The second-order valence-corrected chi connectivity index (χ2v) is 5.76. The first-order chi connectivity index (χ1) is 9.74. The van der Waals surface area contributed by atoms with Crippen molar-refractivity contribution in [3.8, 4) is 0 Å². The van der Waals surface area contributed by atoms with Crippen LogP contribution >= 0.6 is 0 Å². The van der Waals surface area contributed by atoms with Crippen molar-refractivity contribution in [3.63, 3.8) is 0 Å². The largest absolute Gasteiger partial charge is 0.453 e. The molecule has 1 saturated heterocycles. The number of Topliss-reactive ketones (excluding diaryl/α,β-unsaturated/α-hetero) is 1. The van der Waals surface area contributed by atoms with Crippen molar-refractivity contribution in [2.45, 2.75) is 32.6 Å². The number of fused-ring (bicyclic) bond motifs is 1. The zero-order chi connectivity index (χ0) is 13.9. The van der Waals surface area contributed by atoms with Gasteiger partial charge in [0.2, 0.25) is 0 Å². The predicted octanol–water partition coefficient (Wildman–Crippen LogP) is 3.70. The smallest absolute Gasteiger partial charge is 0.198 e. The number of aryl methyl sites for hydroxylation is 1. The van der Waals surface area contributed by atoms with Gasteiger partial charge in [0, 0.05) is 11.8 Å². The lowest BCUT2D eigenvalue weighted by Crippen LogP contribution is -2.27. The highest BCUT2D eigenvalue weighted by molar-refractivity contribution is 5.98. The maximum Gasteiger partial charge on any atom is 0.198 e. The van der Waals surface area contributed by atoms with E-state index in [2.05, 4.69) is 5.32 Å². The topological polar surface area (TPSA) is 42.2 Å². The van der Waals surface area contributed by atoms with Gasteiger partial charge >= 0.3 is 0 Å². The first kappa shape index (κ1) is 13.4. The number of rotatable bonds is 4. The van der Waals surface area contributed by atoms with Crippen molar-refractivity contribution in [1.29, 1.82) is 0 Å². The van der Waals surface area contributed by atoms with Gasteiger partial charge in [-0.15, -0.1) is 0 Å². The third-order valence-electron chi connectivity index (χ3n) is 4.25. The van der Waals surface area contributed by atoms with Crippen LogP contribution in [0.5, 0.6) is 0 Å². The molecule has 0 spiro atoms. The van der Waals surface area contributed by atoms with Gasteiger partial charge in [0.1, 0.15) is 5.58 Å². The molecule has 2 aromatic rings. The molecule has 1 N–H and O–H groups in total. The molecular formula is C17H21NO2. The number of carbonyl (C=O) groups excluding carboxylic acids is 1. The molecule has 3 heteroatoms. The van der Waals surface area contributed by atoms with Gasteiger partial charge in [-0.3, -0.25) is 4.79 Å². The number of hydrogen-bond donors (Lipinski definition) is 1. The number of carbonyl (C=O) groups is 1. The van der Waals surface area contributed by atoms with E-state index in [1.165, 1.54) is 12.8 Å². The first-order valence-electron chi connectivity index (χ1n) is 7.47. The molecule has 0 radical (unpaired) electrons. The fourth-order valence-corrected chi connectivity index (χ4v) is 2.98. The standard InChI is InChI=1S/C17H21NO2/c1-12-3-2-4-14-11-16(20-17(12)14)15(19)6-5-13-7-9-18-10-8-13/h2-4,11,13,18H,5-10H2,1H3. The highest BCUT2D eigenvalue weighted by Gasteiger charge is 2.17. The minimum absolute atomic E-state index is 0.138. The number of nitrogens with one attached hydrogen (secondary N) is 1. The minimum atomic E-state index is 0.138. The van der Waals surface area contributed by atoms with Crippen LogP contribution in [0.4, 0.5) is 0 Å². The van der Waals surface area contributed by atoms with E-state index in [0.29, 0.717) is 18.1 Å². The van der Waals surface area contributed by atoms with E-state index >= 15 is 0 Å². The lowest BCUT2D eigenvalue weighted by molar-refractivity contribution is 0.0946. The lowest BCUT2D eigenvalue weighted by atomic mass is 9.92. The molecule has 0 aliphatic carbocycles. The van der Waals surface area contributed by atoms with E-state index in [9.17, 15) is 4.79 Å². The summed E-state index contributed by atoms with van der Waals surface area (Å²) in [5.41, 5.74) is 1.93. The van der Waals surface area contributed by atoms with E-state index in [0.717, 1.165) is 36.0 Å². The highest BCUT2D eigenvalue weighted by Crippen LogP contribution is 2.25. The quantitative estimate of drug-likeness (QED) is 0.862. The number of hydrogen-bond acceptors (Lipinski definition) is 3. The third kappa shape index (κ3) is 2.78. The number of ketones is 1. The summed E-state index contributed by atoms with van der Waals surface area (Å²) >= 11 is 0. The summed E-state index contributed by atoms with van der Waals surface area (Å²) in [6, 6.07) is 7.88. The second kappa shape index (κ2) is 5.80. The molecule has 2 heterocycles. The molecule has 0 saturated carbocycles. The van der Waals surface area contributed by atoms with Gasteiger partial charge in [-0.25, -0.2) is 0 Å². The van der Waals surface area contributed by atoms with Gasteiger partial charge in [-0.2, -0.15) is 0 Å². The molecule has 0 amide bonds. The zero-order valence-electron chi connectivity index (χ0n) is 11.9. The molecule has 3 nitrogen and oxygen atoms in total. The predicted molar refractivity (Wildman–Crippen MR) is 80.1 cm³/mol. The number of benzene rings is 1. The van der Waals surface area contributed by atoms with Crippen molar-refractivity contribution in [2.75, 3.05) is 13.1 Å². The van der Waals surface area contributed by atoms with Gasteiger partial charge in [-0.1, -0.05) is 18.2 Å². The van der Waals surface area contributed by atoms with Crippen molar-refractivity contribution in [2.24, 2.45) is 5.92 Å². The molecular weight excluding hydrogens is 250 g/mol. The maximum absolute atomic E-state index is 12.3. The zero-order valence-corrected chi connectivity index (χ0v) is 11.9. The average molecular weight is 271 g/mol. The number of para-hydroxylation sites is 1. The van der Waals surface area contributed by atoms with Crippen LogP contribution in [0.15, 0.2) is 28.7 Å². The minimum Gasteiger partial charge on any atom is -0.453 e. The molecule has 1 aliphatic heterocycles. The van der Waals surface area contributed by atoms with Crippen LogP contribution in [-0.2, 0) is 0 Å². The molecule has 3 rings (SSSR count). The van der Waals surface area contributed by atoms with Crippen LogP contribution in [0.1, 0.15) is 41.8 Å². The Morgan fingerprint density at radius 1 is 1.35 bits per heavy atom. The Kier molecular flexibility index (Phi) is 3.88. The summed E-state index contributed by atoms with van der Waals surface area (Å²) in [7, 11) is 0. The normalized spacial score (nSPS) is 16.6.